The molecule has 192 valence electrons. The van der Waals surface area contributed by atoms with Crippen LogP contribution in [0.4, 0.5) is 39.4 Å². The standard InChI is InChI=1S/C20H15F4N5O3.C3H9N/c21-13-6-3-11(20(22,23)24)7-14(13)29-19(32)28-12-4-1-10(2-5-12)16-15(27-9-30)8-26-17(16)18(25)31;1-3-4-2/h1-9,26H,(H2,25,31)(H,27,30)(H2,28,29,32);4H,3H2,1-2H3. The van der Waals surface area contributed by atoms with Gasteiger partial charge in [0.15, 0.2) is 0 Å². The average molecular weight is 508 g/mol. The Kier molecular flexibility index (Phi) is 9.56. The van der Waals surface area contributed by atoms with Gasteiger partial charge in [-0.1, -0.05) is 19.1 Å². The topological polar surface area (TPSA) is 141 Å². The predicted octanol–water partition coefficient (Wildman–Crippen LogP) is 4.38. The first-order chi connectivity index (χ1) is 17.0. The molecule has 1 aromatic heterocycles. The number of rotatable bonds is 7. The van der Waals surface area contributed by atoms with Crippen LogP contribution in [0, 0.1) is 5.82 Å². The number of aromatic amines is 1. The molecule has 0 aliphatic heterocycles. The molecule has 13 heteroatoms. The summed E-state index contributed by atoms with van der Waals surface area (Å²) in [5.74, 6) is -1.80. The quantitative estimate of drug-likeness (QED) is 0.208. The number of anilines is 3. The lowest BCUT2D eigenvalue weighted by molar-refractivity contribution is -0.137. The van der Waals surface area contributed by atoms with Crippen LogP contribution >= 0.6 is 0 Å². The van der Waals surface area contributed by atoms with Crippen LogP contribution in [-0.4, -0.2) is 36.9 Å². The Bertz CT molecular complexity index is 1210. The van der Waals surface area contributed by atoms with E-state index >= 15 is 0 Å². The molecule has 1 heterocycles. The normalized spacial score (nSPS) is 10.6. The highest BCUT2D eigenvalue weighted by Gasteiger charge is 2.31. The van der Waals surface area contributed by atoms with Crippen molar-refractivity contribution >= 4 is 35.4 Å². The summed E-state index contributed by atoms with van der Waals surface area (Å²) in [6.07, 6.45) is -2.90. The maximum atomic E-state index is 13.8. The molecule has 3 aromatic rings. The third-order valence-electron chi connectivity index (χ3n) is 4.67. The highest BCUT2D eigenvalue weighted by atomic mass is 19.4. The minimum absolute atomic E-state index is 0.0489. The number of nitrogens with one attached hydrogen (secondary N) is 5. The summed E-state index contributed by atoms with van der Waals surface area (Å²) in [7, 11) is 1.93. The number of H-pyrrole nitrogens is 1. The van der Waals surface area contributed by atoms with Crippen molar-refractivity contribution in [2.24, 2.45) is 5.73 Å². The molecular formula is C23H24F4N6O3. The highest BCUT2D eigenvalue weighted by Crippen LogP contribution is 2.33. The zero-order chi connectivity index (χ0) is 26.9. The van der Waals surface area contributed by atoms with Gasteiger partial charge in [-0.3, -0.25) is 9.59 Å². The summed E-state index contributed by atoms with van der Waals surface area (Å²) in [5, 5.41) is 9.74. The van der Waals surface area contributed by atoms with Gasteiger partial charge in [-0.15, -0.1) is 0 Å². The maximum Gasteiger partial charge on any atom is 0.416 e. The average Bonchev–Trinajstić information content (AvgIpc) is 3.24. The van der Waals surface area contributed by atoms with Crippen molar-refractivity contribution in [3.63, 3.8) is 0 Å². The number of nitrogens with two attached hydrogens (primary N) is 1. The first-order valence-electron chi connectivity index (χ1n) is 10.4. The molecule has 0 bridgehead atoms. The molecular weight excluding hydrogens is 484 g/mol. The fraction of sp³-hybridized carbons (Fsp3) is 0.174. The molecule has 0 unspecified atom stereocenters. The number of primary amides is 1. The number of carbonyl (C=O) groups excluding carboxylic acids is 3. The number of carbonyl (C=O) groups is 3. The number of halogens is 4. The second kappa shape index (κ2) is 12.4. The van der Waals surface area contributed by atoms with E-state index in [9.17, 15) is 31.9 Å². The van der Waals surface area contributed by atoms with Gasteiger partial charge >= 0.3 is 12.2 Å². The third-order valence-corrected chi connectivity index (χ3v) is 4.67. The number of alkyl halides is 3. The van der Waals surface area contributed by atoms with Crippen molar-refractivity contribution in [1.29, 1.82) is 0 Å². The van der Waals surface area contributed by atoms with Gasteiger partial charge in [0, 0.05) is 17.4 Å². The Labute approximate surface area is 203 Å². The second-order valence-corrected chi connectivity index (χ2v) is 7.13. The van der Waals surface area contributed by atoms with E-state index in [0.717, 1.165) is 6.54 Å². The largest absolute Gasteiger partial charge is 0.416 e. The minimum Gasteiger partial charge on any atom is -0.364 e. The molecule has 0 spiro atoms. The molecule has 0 fully saturated rings. The summed E-state index contributed by atoms with van der Waals surface area (Å²) in [4.78, 5) is 37.2. The van der Waals surface area contributed by atoms with Crippen molar-refractivity contribution in [3.05, 3.63) is 65.7 Å². The van der Waals surface area contributed by atoms with Gasteiger partial charge in [-0.2, -0.15) is 13.2 Å². The molecule has 0 radical (unpaired) electrons. The summed E-state index contributed by atoms with van der Waals surface area (Å²) >= 11 is 0. The van der Waals surface area contributed by atoms with Gasteiger partial charge < -0.3 is 32.0 Å². The van der Waals surface area contributed by atoms with Gasteiger partial charge in [0.25, 0.3) is 5.91 Å². The number of urea groups is 1. The monoisotopic (exact) mass is 508 g/mol. The molecule has 0 atom stereocenters. The van der Waals surface area contributed by atoms with Crippen LogP contribution in [0.3, 0.4) is 0 Å². The fourth-order valence-corrected chi connectivity index (χ4v) is 2.90. The first-order valence-corrected chi connectivity index (χ1v) is 10.4. The number of amides is 4. The van der Waals surface area contributed by atoms with Gasteiger partial charge in [0.2, 0.25) is 6.41 Å². The van der Waals surface area contributed by atoms with E-state index < -0.39 is 35.2 Å². The number of benzene rings is 2. The van der Waals surface area contributed by atoms with Crippen LogP contribution in [0.15, 0.2) is 48.7 Å². The molecule has 0 saturated heterocycles. The molecule has 4 amide bonds. The van der Waals surface area contributed by atoms with Crippen LogP contribution in [-0.2, 0) is 11.0 Å². The zero-order valence-electron chi connectivity index (χ0n) is 19.2. The van der Waals surface area contributed by atoms with Crippen molar-refractivity contribution < 1.29 is 31.9 Å². The lowest BCUT2D eigenvalue weighted by Gasteiger charge is -2.12. The summed E-state index contributed by atoms with van der Waals surface area (Å²) in [6, 6.07) is 6.55. The molecule has 0 aliphatic carbocycles. The molecule has 3 rings (SSSR count). The van der Waals surface area contributed by atoms with Gasteiger partial charge in [-0.05, 0) is 49.5 Å². The Morgan fingerprint density at radius 2 is 1.69 bits per heavy atom. The molecule has 0 aliphatic rings. The third kappa shape index (κ3) is 7.30. The molecule has 9 nitrogen and oxygen atoms in total. The van der Waals surface area contributed by atoms with E-state index in [2.05, 4.69) is 27.9 Å². The zero-order valence-corrected chi connectivity index (χ0v) is 19.2. The van der Waals surface area contributed by atoms with Crippen LogP contribution in [0.5, 0.6) is 0 Å². The molecule has 36 heavy (non-hydrogen) atoms. The van der Waals surface area contributed by atoms with Crippen LogP contribution in [0.2, 0.25) is 0 Å². The smallest absolute Gasteiger partial charge is 0.364 e. The SMILES string of the molecule is CCNC.NC(=O)c1[nH]cc(NC=O)c1-c1ccc(NC(=O)Nc2cc(C(F)(F)F)ccc2F)cc1. The van der Waals surface area contributed by atoms with E-state index in [1.165, 1.54) is 30.5 Å². The Balaban J connectivity index is 0.00000106. The summed E-state index contributed by atoms with van der Waals surface area (Å²) in [5.41, 5.74) is 4.94. The lowest BCUT2D eigenvalue weighted by Crippen LogP contribution is -2.20. The van der Waals surface area contributed by atoms with Crippen molar-refractivity contribution in [1.82, 2.24) is 10.3 Å². The maximum absolute atomic E-state index is 13.8. The highest BCUT2D eigenvalue weighted by molar-refractivity contribution is 6.04. The lowest BCUT2D eigenvalue weighted by atomic mass is 10.0. The fourth-order valence-electron chi connectivity index (χ4n) is 2.90. The Morgan fingerprint density at radius 1 is 1.06 bits per heavy atom. The van der Waals surface area contributed by atoms with E-state index in [1.54, 1.807) is 0 Å². The van der Waals surface area contributed by atoms with Gasteiger partial charge in [0.1, 0.15) is 11.5 Å². The Hall–Kier alpha value is -4.39. The molecule has 0 saturated carbocycles. The predicted molar refractivity (Wildman–Crippen MR) is 128 cm³/mol. The number of aromatic nitrogens is 1. The van der Waals surface area contributed by atoms with Crippen molar-refractivity contribution in [2.45, 2.75) is 13.1 Å². The number of hydrogen-bond donors (Lipinski definition) is 6. The number of hydrogen-bond acceptors (Lipinski definition) is 4. The molecule has 7 N–H and O–H groups in total. The van der Waals surface area contributed by atoms with E-state index in [0.29, 0.717) is 41.4 Å². The second-order valence-electron chi connectivity index (χ2n) is 7.13. The van der Waals surface area contributed by atoms with E-state index in [4.69, 9.17) is 5.73 Å². The first kappa shape index (κ1) is 27.9. The van der Waals surface area contributed by atoms with Crippen LogP contribution in [0.1, 0.15) is 23.0 Å². The summed E-state index contributed by atoms with van der Waals surface area (Å²) < 4.78 is 52.2. The van der Waals surface area contributed by atoms with Crippen LogP contribution < -0.4 is 27.0 Å². The van der Waals surface area contributed by atoms with Gasteiger partial charge in [0.05, 0.1) is 16.9 Å². The summed E-state index contributed by atoms with van der Waals surface area (Å²) in [6.45, 7) is 3.14. The van der Waals surface area contributed by atoms with E-state index in [-0.39, 0.29) is 11.4 Å². The minimum atomic E-state index is -4.70. The van der Waals surface area contributed by atoms with E-state index in [1.807, 2.05) is 12.4 Å². The van der Waals surface area contributed by atoms with Crippen molar-refractivity contribution in [3.8, 4) is 11.1 Å². The van der Waals surface area contributed by atoms with Gasteiger partial charge in [-0.25, -0.2) is 9.18 Å². The molecule has 2 aromatic carbocycles. The van der Waals surface area contributed by atoms with Crippen LogP contribution in [0.25, 0.3) is 11.1 Å². The Morgan fingerprint density at radius 3 is 2.22 bits per heavy atom. The van der Waals surface area contributed by atoms with Crippen molar-refractivity contribution in [2.75, 3.05) is 29.5 Å².